The standard InChI is InChI=1S/C10H10N4O6S/c1-20-10-11-9(12-13-10)14-21(18,19)5-2-3-7(15)6(4-5)8(16)17/h2-4,15H,1H3,(H,16,17)(H2,11,12,13,14). The number of nitrogens with one attached hydrogen (secondary N) is 2. The number of rotatable bonds is 5. The lowest BCUT2D eigenvalue weighted by Gasteiger charge is -2.06. The van der Waals surface area contributed by atoms with Gasteiger partial charge in [0, 0.05) is 0 Å². The molecule has 2 rings (SSSR count). The third kappa shape index (κ3) is 3.02. The average molecular weight is 314 g/mol. The number of carbonyl (C=O) groups is 1. The smallest absolute Gasteiger partial charge is 0.339 e. The van der Waals surface area contributed by atoms with Crippen LogP contribution in [0.2, 0.25) is 0 Å². The van der Waals surface area contributed by atoms with Crippen LogP contribution in [0.1, 0.15) is 10.4 Å². The van der Waals surface area contributed by atoms with Crippen molar-refractivity contribution >= 4 is 21.9 Å². The number of hydrogen-bond acceptors (Lipinski definition) is 7. The Labute approximate surface area is 118 Å². The van der Waals surface area contributed by atoms with Crippen LogP contribution in [-0.2, 0) is 10.0 Å². The van der Waals surface area contributed by atoms with Gasteiger partial charge in [-0.3, -0.25) is 0 Å². The molecule has 21 heavy (non-hydrogen) atoms. The van der Waals surface area contributed by atoms with Crippen LogP contribution in [0.4, 0.5) is 5.95 Å². The first-order valence-electron chi connectivity index (χ1n) is 5.39. The number of nitrogens with zero attached hydrogens (tertiary/aromatic N) is 2. The van der Waals surface area contributed by atoms with E-state index in [1.54, 1.807) is 0 Å². The van der Waals surface area contributed by atoms with Crippen molar-refractivity contribution in [3.63, 3.8) is 0 Å². The molecule has 0 radical (unpaired) electrons. The van der Waals surface area contributed by atoms with Gasteiger partial charge >= 0.3 is 12.0 Å². The lowest BCUT2D eigenvalue weighted by molar-refractivity contribution is 0.0693. The number of aromatic amines is 1. The number of hydrogen-bond donors (Lipinski definition) is 4. The molecular weight excluding hydrogens is 304 g/mol. The molecule has 0 saturated carbocycles. The average Bonchev–Trinajstić information content (AvgIpc) is 2.85. The van der Waals surface area contributed by atoms with Crippen molar-refractivity contribution in [2.24, 2.45) is 0 Å². The molecule has 10 nitrogen and oxygen atoms in total. The topological polar surface area (TPSA) is 154 Å². The van der Waals surface area contributed by atoms with Gasteiger partial charge < -0.3 is 14.9 Å². The number of carboxylic acids is 1. The van der Waals surface area contributed by atoms with Crippen molar-refractivity contribution < 1.29 is 28.2 Å². The van der Waals surface area contributed by atoms with Crippen molar-refractivity contribution in [2.75, 3.05) is 11.8 Å². The van der Waals surface area contributed by atoms with Crippen molar-refractivity contribution in [3.8, 4) is 11.8 Å². The molecule has 0 aliphatic rings. The van der Waals surface area contributed by atoms with Crippen LogP contribution in [0.3, 0.4) is 0 Å². The zero-order valence-electron chi connectivity index (χ0n) is 10.6. The molecule has 0 saturated heterocycles. The number of anilines is 1. The Morgan fingerprint density at radius 1 is 1.43 bits per heavy atom. The minimum atomic E-state index is -4.09. The summed E-state index contributed by atoms with van der Waals surface area (Å²) in [5.41, 5.74) is -0.534. The lowest BCUT2D eigenvalue weighted by atomic mass is 10.2. The molecule has 112 valence electrons. The number of phenols is 1. The molecule has 1 aromatic carbocycles. The molecular formula is C10H10N4O6S. The Kier molecular flexibility index (Phi) is 3.67. The molecule has 11 heteroatoms. The molecule has 1 heterocycles. The lowest BCUT2D eigenvalue weighted by Crippen LogP contribution is -2.14. The van der Waals surface area contributed by atoms with Gasteiger partial charge in [0.1, 0.15) is 11.3 Å². The zero-order valence-corrected chi connectivity index (χ0v) is 11.4. The van der Waals surface area contributed by atoms with E-state index in [1.807, 2.05) is 0 Å². The first-order valence-corrected chi connectivity index (χ1v) is 6.87. The molecule has 0 spiro atoms. The van der Waals surface area contributed by atoms with Crippen molar-refractivity contribution in [3.05, 3.63) is 23.8 Å². The van der Waals surface area contributed by atoms with Gasteiger partial charge in [0.15, 0.2) is 0 Å². The summed E-state index contributed by atoms with van der Waals surface area (Å²) in [7, 11) is -2.79. The number of aromatic carboxylic acids is 1. The molecule has 0 aliphatic carbocycles. The summed E-state index contributed by atoms with van der Waals surface area (Å²) < 4.78 is 30.9. The highest BCUT2D eigenvalue weighted by atomic mass is 32.2. The second kappa shape index (κ2) is 5.28. The van der Waals surface area contributed by atoms with E-state index in [0.29, 0.717) is 0 Å². The number of aromatic nitrogens is 3. The number of methoxy groups -OCH3 is 1. The summed E-state index contributed by atoms with van der Waals surface area (Å²) in [4.78, 5) is 14.2. The van der Waals surface area contributed by atoms with Crippen LogP contribution < -0.4 is 9.46 Å². The maximum atomic E-state index is 12.1. The monoisotopic (exact) mass is 314 g/mol. The van der Waals surface area contributed by atoms with Gasteiger partial charge in [0.05, 0.1) is 12.0 Å². The summed E-state index contributed by atoms with van der Waals surface area (Å²) in [5, 5.41) is 24.1. The van der Waals surface area contributed by atoms with Crippen LogP contribution in [0.25, 0.3) is 0 Å². The first kappa shape index (κ1) is 14.6. The van der Waals surface area contributed by atoms with Gasteiger partial charge in [-0.1, -0.05) is 0 Å². The normalized spacial score (nSPS) is 11.1. The minimum Gasteiger partial charge on any atom is -0.507 e. The van der Waals surface area contributed by atoms with Gasteiger partial charge in [-0.25, -0.2) is 23.0 Å². The predicted molar refractivity (Wildman–Crippen MR) is 68.8 cm³/mol. The van der Waals surface area contributed by atoms with E-state index in [0.717, 1.165) is 18.2 Å². The van der Waals surface area contributed by atoms with Gasteiger partial charge in [0.2, 0.25) is 5.95 Å². The van der Waals surface area contributed by atoms with Crippen LogP contribution in [0.5, 0.6) is 11.8 Å². The molecule has 0 fully saturated rings. The summed E-state index contributed by atoms with van der Waals surface area (Å²) in [6.07, 6.45) is 0. The molecule has 4 N–H and O–H groups in total. The summed E-state index contributed by atoms with van der Waals surface area (Å²) in [6.45, 7) is 0. The second-order valence-electron chi connectivity index (χ2n) is 3.76. The fourth-order valence-electron chi connectivity index (χ4n) is 1.42. The van der Waals surface area contributed by atoms with Gasteiger partial charge in [-0.15, -0.1) is 5.10 Å². The molecule has 1 aromatic heterocycles. The highest BCUT2D eigenvalue weighted by Gasteiger charge is 2.20. The van der Waals surface area contributed by atoms with E-state index >= 15 is 0 Å². The Bertz CT molecular complexity index is 785. The third-order valence-corrected chi connectivity index (χ3v) is 3.72. The SMILES string of the molecule is COc1n[nH]c(NS(=O)(=O)c2ccc(O)c(C(=O)O)c2)n1. The molecule has 0 amide bonds. The van der Waals surface area contributed by atoms with Gasteiger partial charge in [-0.2, -0.15) is 4.98 Å². The van der Waals surface area contributed by atoms with Crippen molar-refractivity contribution in [1.82, 2.24) is 15.2 Å². The Morgan fingerprint density at radius 3 is 2.71 bits per heavy atom. The largest absolute Gasteiger partial charge is 0.507 e. The third-order valence-electron chi connectivity index (χ3n) is 2.39. The maximum absolute atomic E-state index is 12.1. The van der Waals surface area contributed by atoms with Crippen LogP contribution >= 0.6 is 0 Å². The van der Waals surface area contributed by atoms with Crippen LogP contribution in [0, 0.1) is 0 Å². The van der Waals surface area contributed by atoms with Crippen molar-refractivity contribution in [2.45, 2.75) is 4.90 Å². The number of H-pyrrole nitrogens is 1. The molecule has 0 aliphatic heterocycles. The Balaban J connectivity index is 2.35. The molecule has 0 unspecified atom stereocenters. The summed E-state index contributed by atoms with van der Waals surface area (Å²) in [5.74, 6) is -2.19. The molecule has 0 bridgehead atoms. The molecule has 2 aromatic rings. The van der Waals surface area contributed by atoms with E-state index in [2.05, 4.69) is 24.6 Å². The number of aromatic hydroxyl groups is 1. The predicted octanol–water partition coefficient (Wildman–Crippen LogP) is 0.0179. The van der Waals surface area contributed by atoms with Crippen LogP contribution in [-0.4, -0.2) is 46.9 Å². The van der Waals surface area contributed by atoms with E-state index in [1.165, 1.54) is 7.11 Å². The fraction of sp³-hybridized carbons (Fsp3) is 0.100. The van der Waals surface area contributed by atoms with Crippen molar-refractivity contribution in [1.29, 1.82) is 0 Å². The Morgan fingerprint density at radius 2 is 2.14 bits per heavy atom. The van der Waals surface area contributed by atoms with E-state index in [-0.39, 0.29) is 16.9 Å². The minimum absolute atomic E-state index is 0.0652. The summed E-state index contributed by atoms with van der Waals surface area (Å²) >= 11 is 0. The highest BCUT2D eigenvalue weighted by molar-refractivity contribution is 7.92. The number of sulfonamides is 1. The van der Waals surface area contributed by atoms with E-state index < -0.39 is 27.3 Å². The van der Waals surface area contributed by atoms with E-state index in [4.69, 9.17) is 5.11 Å². The van der Waals surface area contributed by atoms with Gasteiger partial charge in [-0.05, 0) is 18.2 Å². The van der Waals surface area contributed by atoms with Crippen LogP contribution in [0.15, 0.2) is 23.1 Å². The zero-order chi connectivity index (χ0) is 15.6. The Hall–Kier alpha value is -2.82. The maximum Gasteiger partial charge on any atom is 0.339 e. The summed E-state index contributed by atoms with van der Waals surface area (Å²) in [6, 6.07) is 2.79. The number of benzene rings is 1. The van der Waals surface area contributed by atoms with Gasteiger partial charge in [0.25, 0.3) is 10.0 Å². The second-order valence-corrected chi connectivity index (χ2v) is 5.44. The number of carboxylic acid groups (broad SMARTS) is 1. The first-order chi connectivity index (χ1) is 9.83. The van der Waals surface area contributed by atoms with E-state index in [9.17, 15) is 18.3 Å². The number of ether oxygens (including phenoxy) is 1. The molecule has 0 atom stereocenters. The quantitative estimate of drug-likeness (QED) is 0.602. The fourth-order valence-corrected chi connectivity index (χ4v) is 2.41. The highest BCUT2D eigenvalue weighted by Crippen LogP contribution is 2.22.